The van der Waals surface area contributed by atoms with Crippen LogP contribution < -0.4 is 10.2 Å². The predicted octanol–water partition coefficient (Wildman–Crippen LogP) is 2.71. The fourth-order valence-electron chi connectivity index (χ4n) is 2.20. The van der Waals surface area contributed by atoms with E-state index in [1.54, 1.807) is 36.5 Å². The van der Waals surface area contributed by atoms with Gasteiger partial charge in [-0.25, -0.2) is 5.43 Å². The normalized spacial score (nSPS) is 10.9. The van der Waals surface area contributed by atoms with E-state index >= 15 is 0 Å². The van der Waals surface area contributed by atoms with E-state index in [0.717, 1.165) is 10.9 Å². The summed E-state index contributed by atoms with van der Waals surface area (Å²) < 4.78 is 5.01. The van der Waals surface area contributed by atoms with Crippen molar-refractivity contribution in [3.63, 3.8) is 0 Å². The highest BCUT2D eigenvalue weighted by atomic mass is 16.5. The molecule has 0 unspecified atom stereocenters. The number of pyridine rings is 1. The molecular weight excluding hydrogens is 306 g/mol. The number of ether oxygens (including phenoxy) is 1. The molecule has 0 spiro atoms. The lowest BCUT2D eigenvalue weighted by atomic mass is 10.1. The van der Waals surface area contributed by atoms with Crippen molar-refractivity contribution in [3.05, 3.63) is 65.9 Å². The third-order valence-corrected chi connectivity index (χ3v) is 3.47. The van der Waals surface area contributed by atoms with E-state index in [2.05, 4.69) is 15.5 Å². The molecule has 120 valence electrons. The van der Waals surface area contributed by atoms with Crippen molar-refractivity contribution in [1.82, 2.24) is 10.4 Å². The van der Waals surface area contributed by atoms with Crippen molar-refractivity contribution in [2.45, 2.75) is 0 Å². The summed E-state index contributed by atoms with van der Waals surface area (Å²) in [6.07, 6.45) is 3.07. The molecule has 1 aromatic heterocycles. The minimum absolute atomic E-state index is 0.0177. The number of phenols is 1. The number of hydrazone groups is 1. The molecule has 0 radical (unpaired) electrons. The Kier molecular flexibility index (Phi) is 4.38. The molecule has 0 aliphatic carbocycles. The Morgan fingerprint density at radius 2 is 2.12 bits per heavy atom. The minimum Gasteiger partial charge on any atom is -0.507 e. The Morgan fingerprint density at radius 3 is 2.92 bits per heavy atom. The van der Waals surface area contributed by atoms with Gasteiger partial charge in [0, 0.05) is 28.8 Å². The molecule has 1 amide bonds. The van der Waals surface area contributed by atoms with E-state index in [1.165, 1.54) is 19.4 Å². The van der Waals surface area contributed by atoms with Crippen LogP contribution in [-0.4, -0.2) is 29.3 Å². The highest BCUT2D eigenvalue weighted by Crippen LogP contribution is 2.21. The van der Waals surface area contributed by atoms with Gasteiger partial charge in [-0.05, 0) is 36.4 Å². The van der Waals surface area contributed by atoms with Crippen molar-refractivity contribution >= 4 is 23.0 Å². The molecule has 0 saturated carbocycles. The number of aromatic hydroxyl groups is 1. The fourth-order valence-corrected chi connectivity index (χ4v) is 2.20. The van der Waals surface area contributed by atoms with Gasteiger partial charge >= 0.3 is 0 Å². The zero-order valence-electron chi connectivity index (χ0n) is 12.9. The molecule has 0 saturated heterocycles. The number of nitrogens with zero attached hydrogens (tertiary/aromatic N) is 2. The van der Waals surface area contributed by atoms with Crippen LogP contribution in [0.15, 0.2) is 59.8 Å². The number of aromatic nitrogens is 1. The van der Waals surface area contributed by atoms with Gasteiger partial charge in [0.05, 0.1) is 18.8 Å². The van der Waals surface area contributed by atoms with Crippen LogP contribution in [0.25, 0.3) is 10.9 Å². The van der Waals surface area contributed by atoms with Crippen LogP contribution in [0.3, 0.4) is 0 Å². The Hall–Kier alpha value is -3.41. The lowest BCUT2D eigenvalue weighted by Crippen LogP contribution is -2.17. The van der Waals surface area contributed by atoms with Gasteiger partial charge in [0.25, 0.3) is 5.91 Å². The number of hydrogen-bond acceptors (Lipinski definition) is 5. The zero-order chi connectivity index (χ0) is 16.9. The molecule has 6 nitrogen and oxygen atoms in total. The summed E-state index contributed by atoms with van der Waals surface area (Å²) in [5.41, 5.74) is 4.21. The smallest absolute Gasteiger partial charge is 0.271 e. The van der Waals surface area contributed by atoms with Gasteiger partial charge in [-0.15, -0.1) is 0 Å². The highest BCUT2D eigenvalue weighted by Gasteiger charge is 2.06. The van der Waals surface area contributed by atoms with Crippen molar-refractivity contribution in [1.29, 1.82) is 0 Å². The number of benzene rings is 2. The molecule has 0 bridgehead atoms. The molecule has 0 fully saturated rings. The fraction of sp³-hybridized carbons (Fsp3) is 0.0556. The highest BCUT2D eigenvalue weighted by molar-refractivity contribution is 5.98. The number of carbonyl (C=O) groups excluding carboxylic acids is 1. The molecule has 0 atom stereocenters. The maximum absolute atomic E-state index is 12.1. The molecule has 24 heavy (non-hydrogen) atoms. The summed E-state index contributed by atoms with van der Waals surface area (Å²) in [5, 5.41) is 14.6. The maximum atomic E-state index is 12.1. The van der Waals surface area contributed by atoms with Crippen LogP contribution in [0.1, 0.15) is 15.9 Å². The van der Waals surface area contributed by atoms with E-state index in [9.17, 15) is 9.90 Å². The van der Waals surface area contributed by atoms with Crippen molar-refractivity contribution in [3.8, 4) is 11.5 Å². The van der Waals surface area contributed by atoms with Crippen LogP contribution in [-0.2, 0) is 0 Å². The van der Waals surface area contributed by atoms with Crippen molar-refractivity contribution in [2.75, 3.05) is 7.11 Å². The lowest BCUT2D eigenvalue weighted by molar-refractivity contribution is 0.0955. The number of hydrogen-bond donors (Lipinski definition) is 2. The first kappa shape index (κ1) is 15.5. The summed E-state index contributed by atoms with van der Waals surface area (Å²) in [4.78, 5) is 16.3. The Morgan fingerprint density at radius 1 is 1.25 bits per heavy atom. The van der Waals surface area contributed by atoms with Gasteiger partial charge in [-0.3, -0.25) is 9.78 Å². The van der Waals surface area contributed by atoms with Gasteiger partial charge < -0.3 is 9.84 Å². The molecule has 0 aliphatic heterocycles. The quantitative estimate of drug-likeness (QED) is 0.571. The second-order valence-electron chi connectivity index (χ2n) is 5.03. The van der Waals surface area contributed by atoms with Gasteiger partial charge in [-0.1, -0.05) is 6.07 Å². The number of phenolic OH excluding ortho intramolecular Hbond substituents is 1. The summed E-state index contributed by atoms with van der Waals surface area (Å²) >= 11 is 0. The first-order valence-corrected chi connectivity index (χ1v) is 7.22. The SMILES string of the molecule is COc1ccc(/C=N\NC(=O)c2ccc3ncccc3c2)c(O)c1. The number of rotatable bonds is 4. The largest absolute Gasteiger partial charge is 0.507 e. The van der Waals surface area contributed by atoms with Crippen LogP contribution >= 0.6 is 0 Å². The van der Waals surface area contributed by atoms with Gasteiger partial charge in [0.2, 0.25) is 0 Å². The second-order valence-corrected chi connectivity index (χ2v) is 5.03. The molecule has 2 N–H and O–H groups in total. The van der Waals surface area contributed by atoms with E-state index in [0.29, 0.717) is 16.9 Å². The number of fused-ring (bicyclic) bond motifs is 1. The van der Waals surface area contributed by atoms with E-state index in [1.807, 2.05) is 12.1 Å². The molecule has 1 heterocycles. The number of methoxy groups -OCH3 is 1. The number of carbonyl (C=O) groups is 1. The standard InChI is InChI=1S/C18H15N3O3/c1-24-15-6-4-14(17(22)10-15)11-20-21-18(23)13-5-7-16-12(9-13)3-2-8-19-16/h2-11,22H,1H3,(H,21,23)/b20-11-. The average Bonchev–Trinajstić information content (AvgIpc) is 2.62. The molecule has 6 heteroatoms. The molecule has 0 aliphatic rings. The lowest BCUT2D eigenvalue weighted by Gasteiger charge is -2.04. The van der Waals surface area contributed by atoms with Crippen LogP contribution in [0, 0.1) is 0 Å². The summed E-state index contributed by atoms with van der Waals surface area (Å²) in [6.45, 7) is 0. The molecule has 2 aromatic carbocycles. The maximum Gasteiger partial charge on any atom is 0.271 e. The topological polar surface area (TPSA) is 83.8 Å². The number of amides is 1. The molecule has 3 rings (SSSR count). The summed E-state index contributed by atoms with van der Waals surface area (Å²) in [7, 11) is 1.52. The molecule has 3 aromatic rings. The van der Waals surface area contributed by atoms with Crippen molar-refractivity contribution < 1.29 is 14.6 Å². The van der Waals surface area contributed by atoms with Crippen LogP contribution in [0.2, 0.25) is 0 Å². The second kappa shape index (κ2) is 6.78. The van der Waals surface area contributed by atoms with Gasteiger partial charge in [-0.2, -0.15) is 5.10 Å². The Bertz CT molecular complexity index is 922. The Balaban J connectivity index is 1.72. The minimum atomic E-state index is -0.343. The monoisotopic (exact) mass is 321 g/mol. The van der Waals surface area contributed by atoms with Gasteiger partial charge in [0.1, 0.15) is 11.5 Å². The van der Waals surface area contributed by atoms with Crippen molar-refractivity contribution in [2.24, 2.45) is 5.10 Å². The predicted molar refractivity (Wildman–Crippen MR) is 91.5 cm³/mol. The Labute approximate surface area is 138 Å². The van der Waals surface area contributed by atoms with E-state index in [-0.39, 0.29) is 11.7 Å². The average molecular weight is 321 g/mol. The third kappa shape index (κ3) is 3.33. The summed E-state index contributed by atoms with van der Waals surface area (Å²) in [6, 6.07) is 13.7. The molecular formula is C18H15N3O3. The van der Waals surface area contributed by atoms with Crippen LogP contribution in [0.5, 0.6) is 11.5 Å². The first-order chi connectivity index (χ1) is 11.7. The van der Waals surface area contributed by atoms with Crippen LogP contribution in [0.4, 0.5) is 0 Å². The number of nitrogens with one attached hydrogen (secondary N) is 1. The first-order valence-electron chi connectivity index (χ1n) is 7.22. The zero-order valence-corrected chi connectivity index (χ0v) is 12.9. The van der Waals surface area contributed by atoms with E-state index in [4.69, 9.17) is 4.74 Å². The van der Waals surface area contributed by atoms with Gasteiger partial charge in [0.15, 0.2) is 0 Å². The van der Waals surface area contributed by atoms with E-state index < -0.39 is 0 Å². The summed E-state index contributed by atoms with van der Waals surface area (Å²) in [5.74, 6) is 0.215. The third-order valence-electron chi connectivity index (χ3n) is 3.47.